The molecule has 2 fully saturated rings. The van der Waals surface area contributed by atoms with E-state index in [2.05, 4.69) is 15.3 Å². The molecular weight excluding hydrogens is 244 g/mol. The zero-order chi connectivity index (χ0) is 13.4. The summed E-state index contributed by atoms with van der Waals surface area (Å²) in [6, 6.07) is -0.334. The second kappa shape index (κ2) is 4.60. The molecule has 0 aromatic carbocycles. The lowest BCUT2D eigenvalue weighted by atomic mass is 10.1. The van der Waals surface area contributed by atoms with Gasteiger partial charge in [-0.15, -0.1) is 0 Å². The van der Waals surface area contributed by atoms with E-state index < -0.39 is 0 Å². The predicted octanol–water partition coefficient (Wildman–Crippen LogP) is 0.0220. The summed E-state index contributed by atoms with van der Waals surface area (Å²) in [6.45, 7) is 2.32. The summed E-state index contributed by atoms with van der Waals surface area (Å²) in [6.07, 6.45) is 5.37. The highest BCUT2D eigenvalue weighted by atomic mass is 16.2. The monoisotopic (exact) mass is 260 g/mol. The summed E-state index contributed by atoms with van der Waals surface area (Å²) >= 11 is 0. The van der Waals surface area contributed by atoms with Gasteiger partial charge < -0.3 is 10.2 Å². The lowest BCUT2D eigenvalue weighted by Crippen LogP contribution is -2.58. The van der Waals surface area contributed by atoms with Gasteiger partial charge in [0, 0.05) is 6.20 Å². The molecule has 0 spiro atoms. The average Bonchev–Trinajstić information content (AvgIpc) is 3.20. The fourth-order valence-electron chi connectivity index (χ4n) is 2.31. The summed E-state index contributed by atoms with van der Waals surface area (Å²) in [5.41, 5.74) is 1.55. The molecule has 0 radical (unpaired) electrons. The topological polar surface area (TPSA) is 75.2 Å². The first kappa shape index (κ1) is 12.1. The third-order valence-corrected chi connectivity index (χ3v) is 3.51. The van der Waals surface area contributed by atoms with E-state index in [1.54, 1.807) is 17.3 Å². The molecule has 2 amide bonds. The lowest BCUT2D eigenvalue weighted by Gasteiger charge is -2.32. The largest absolute Gasteiger partial charge is 0.342 e. The molecule has 2 heterocycles. The van der Waals surface area contributed by atoms with Crippen molar-refractivity contribution in [3.63, 3.8) is 0 Å². The number of aromatic nitrogens is 2. The van der Waals surface area contributed by atoms with Crippen molar-refractivity contribution in [1.82, 2.24) is 20.2 Å². The maximum Gasteiger partial charge on any atom is 0.246 e. The minimum absolute atomic E-state index is 0.00414. The molecular formula is C13H16N4O2. The third-order valence-electron chi connectivity index (χ3n) is 3.51. The molecule has 1 atom stereocenters. The van der Waals surface area contributed by atoms with Gasteiger partial charge in [-0.1, -0.05) is 0 Å². The fourth-order valence-corrected chi connectivity index (χ4v) is 2.31. The number of piperazine rings is 1. The Morgan fingerprint density at radius 3 is 2.74 bits per heavy atom. The van der Waals surface area contributed by atoms with Crippen LogP contribution in [0.2, 0.25) is 0 Å². The SMILES string of the molecule is Cc1cnc(CN2CC(=O)NC(C3CC3)C2=O)cn1. The molecule has 2 aliphatic rings. The van der Waals surface area contributed by atoms with Crippen molar-refractivity contribution in [3.05, 3.63) is 23.8 Å². The van der Waals surface area contributed by atoms with Crippen LogP contribution in [0.15, 0.2) is 12.4 Å². The molecule has 1 saturated heterocycles. The molecule has 100 valence electrons. The highest BCUT2D eigenvalue weighted by Crippen LogP contribution is 2.34. The molecule has 1 aromatic heterocycles. The number of hydrogen-bond acceptors (Lipinski definition) is 4. The molecule has 1 unspecified atom stereocenters. The number of carbonyl (C=O) groups is 2. The van der Waals surface area contributed by atoms with Gasteiger partial charge in [-0.25, -0.2) is 0 Å². The molecule has 1 aromatic rings. The molecule has 1 aliphatic heterocycles. The lowest BCUT2D eigenvalue weighted by molar-refractivity contribution is -0.145. The Bertz CT molecular complexity index is 510. The van der Waals surface area contributed by atoms with Crippen molar-refractivity contribution in [1.29, 1.82) is 0 Å². The van der Waals surface area contributed by atoms with Crippen LogP contribution in [0.25, 0.3) is 0 Å². The van der Waals surface area contributed by atoms with Gasteiger partial charge in [0.2, 0.25) is 11.8 Å². The molecule has 3 rings (SSSR count). The number of nitrogens with one attached hydrogen (secondary N) is 1. The van der Waals surface area contributed by atoms with Crippen LogP contribution >= 0.6 is 0 Å². The van der Waals surface area contributed by atoms with Crippen LogP contribution in [0.1, 0.15) is 24.2 Å². The van der Waals surface area contributed by atoms with Crippen molar-refractivity contribution < 1.29 is 9.59 Å². The third kappa shape index (κ3) is 2.57. The Hall–Kier alpha value is -1.98. The summed E-state index contributed by atoms with van der Waals surface area (Å²) in [7, 11) is 0. The van der Waals surface area contributed by atoms with E-state index >= 15 is 0 Å². The first-order chi connectivity index (χ1) is 9.13. The van der Waals surface area contributed by atoms with Crippen LogP contribution in [-0.2, 0) is 16.1 Å². The van der Waals surface area contributed by atoms with Gasteiger partial charge >= 0.3 is 0 Å². The fraction of sp³-hybridized carbons (Fsp3) is 0.538. The van der Waals surface area contributed by atoms with Crippen molar-refractivity contribution in [2.24, 2.45) is 5.92 Å². The Morgan fingerprint density at radius 1 is 1.32 bits per heavy atom. The number of aryl methyl sites for hydroxylation is 1. The Balaban J connectivity index is 1.73. The molecule has 1 saturated carbocycles. The molecule has 0 bridgehead atoms. The van der Waals surface area contributed by atoms with E-state index in [0.29, 0.717) is 18.2 Å². The Morgan fingerprint density at radius 2 is 2.11 bits per heavy atom. The first-order valence-electron chi connectivity index (χ1n) is 6.49. The maximum atomic E-state index is 12.3. The number of amides is 2. The minimum atomic E-state index is -0.334. The smallest absolute Gasteiger partial charge is 0.246 e. The predicted molar refractivity (Wildman–Crippen MR) is 66.8 cm³/mol. The van der Waals surface area contributed by atoms with E-state index in [9.17, 15) is 9.59 Å². The van der Waals surface area contributed by atoms with Gasteiger partial charge in [-0.05, 0) is 25.7 Å². The molecule has 6 nitrogen and oxygen atoms in total. The van der Waals surface area contributed by atoms with Gasteiger partial charge in [0.1, 0.15) is 12.6 Å². The first-order valence-corrected chi connectivity index (χ1v) is 6.49. The van der Waals surface area contributed by atoms with E-state index in [1.165, 1.54) is 0 Å². The molecule has 19 heavy (non-hydrogen) atoms. The quantitative estimate of drug-likeness (QED) is 0.831. The van der Waals surface area contributed by atoms with Gasteiger partial charge in [0.15, 0.2) is 0 Å². The zero-order valence-corrected chi connectivity index (χ0v) is 10.8. The summed E-state index contributed by atoms with van der Waals surface area (Å²) in [5, 5.41) is 2.79. The van der Waals surface area contributed by atoms with Crippen LogP contribution in [-0.4, -0.2) is 39.3 Å². The van der Waals surface area contributed by atoms with E-state index in [-0.39, 0.29) is 24.4 Å². The molecule has 1 N–H and O–H groups in total. The Labute approximate surface area is 111 Å². The summed E-state index contributed by atoms with van der Waals surface area (Å²) in [5.74, 6) is 0.240. The Kier molecular flexibility index (Phi) is 2.93. The zero-order valence-electron chi connectivity index (χ0n) is 10.8. The van der Waals surface area contributed by atoms with Gasteiger partial charge in [-0.2, -0.15) is 0 Å². The van der Waals surface area contributed by atoms with Crippen molar-refractivity contribution in [2.75, 3.05) is 6.54 Å². The average molecular weight is 260 g/mol. The molecule has 6 heteroatoms. The van der Waals surface area contributed by atoms with Gasteiger partial charge in [0.25, 0.3) is 0 Å². The number of carbonyl (C=O) groups excluding carboxylic acids is 2. The second-order valence-corrected chi connectivity index (χ2v) is 5.23. The van der Waals surface area contributed by atoms with Gasteiger partial charge in [-0.3, -0.25) is 19.6 Å². The number of hydrogen-bond donors (Lipinski definition) is 1. The minimum Gasteiger partial charge on any atom is -0.342 e. The van der Waals surface area contributed by atoms with E-state index in [0.717, 1.165) is 18.5 Å². The highest BCUT2D eigenvalue weighted by molar-refractivity contribution is 5.95. The van der Waals surface area contributed by atoms with Crippen LogP contribution in [0, 0.1) is 12.8 Å². The van der Waals surface area contributed by atoms with Crippen LogP contribution in [0.5, 0.6) is 0 Å². The van der Waals surface area contributed by atoms with E-state index in [1.807, 2.05) is 6.92 Å². The second-order valence-electron chi connectivity index (χ2n) is 5.23. The number of rotatable bonds is 3. The van der Waals surface area contributed by atoms with E-state index in [4.69, 9.17) is 0 Å². The molecule has 1 aliphatic carbocycles. The summed E-state index contributed by atoms with van der Waals surface area (Å²) < 4.78 is 0. The van der Waals surface area contributed by atoms with Crippen molar-refractivity contribution in [3.8, 4) is 0 Å². The van der Waals surface area contributed by atoms with Gasteiger partial charge in [0.05, 0.1) is 24.1 Å². The van der Waals surface area contributed by atoms with Crippen molar-refractivity contribution >= 4 is 11.8 Å². The highest BCUT2D eigenvalue weighted by Gasteiger charge is 2.42. The summed E-state index contributed by atoms with van der Waals surface area (Å²) in [4.78, 5) is 33.9. The van der Waals surface area contributed by atoms with Crippen LogP contribution in [0.4, 0.5) is 0 Å². The number of nitrogens with zero attached hydrogens (tertiary/aromatic N) is 3. The standard InChI is InChI=1S/C13H16N4O2/c1-8-4-15-10(5-14-8)6-17-7-11(18)16-12(13(17)19)9-2-3-9/h4-5,9,12H,2-3,6-7H2,1H3,(H,16,18). The normalized spacial score (nSPS) is 23.4. The van der Waals surface area contributed by atoms with Crippen molar-refractivity contribution in [2.45, 2.75) is 32.4 Å². The maximum absolute atomic E-state index is 12.3. The van der Waals surface area contributed by atoms with Crippen LogP contribution < -0.4 is 5.32 Å². The van der Waals surface area contributed by atoms with Crippen LogP contribution in [0.3, 0.4) is 0 Å².